The maximum absolute atomic E-state index is 12.5. The number of hydrogen-bond donors (Lipinski definition) is 0. The lowest BCUT2D eigenvalue weighted by molar-refractivity contribution is -0.0328. The molecule has 8 heteroatoms. The molecule has 0 amide bonds. The molecular formula is C11H7ClF3NO2S. The zero-order chi connectivity index (χ0) is 14.6. The van der Waals surface area contributed by atoms with E-state index in [9.17, 15) is 18.0 Å². The number of ether oxygens (including phenoxy) is 1. The Balaban J connectivity index is 3.49. The molecule has 0 unspecified atom stereocenters. The van der Waals surface area contributed by atoms with E-state index in [4.69, 9.17) is 16.9 Å². The summed E-state index contributed by atoms with van der Waals surface area (Å²) in [6.07, 6.45) is 0. The van der Waals surface area contributed by atoms with Gasteiger partial charge in [-0.1, -0.05) is 0 Å². The summed E-state index contributed by atoms with van der Waals surface area (Å²) < 4.78 is 42.0. The summed E-state index contributed by atoms with van der Waals surface area (Å²) in [6.45, 7) is 0. The van der Waals surface area contributed by atoms with E-state index in [0.717, 1.165) is 13.2 Å². The molecule has 1 aromatic carbocycles. The van der Waals surface area contributed by atoms with E-state index in [1.165, 1.54) is 6.07 Å². The van der Waals surface area contributed by atoms with E-state index in [1.807, 2.05) is 0 Å². The number of rotatable bonds is 3. The predicted octanol–water partition coefficient (Wildman–Crippen LogP) is 3.70. The van der Waals surface area contributed by atoms with Crippen molar-refractivity contribution in [2.24, 2.45) is 0 Å². The van der Waals surface area contributed by atoms with Gasteiger partial charge >= 0.3 is 11.5 Å². The second-order valence-corrected chi connectivity index (χ2v) is 4.60. The number of carbonyl (C=O) groups excluding carboxylic acids is 1. The highest BCUT2D eigenvalue weighted by atomic mass is 35.5. The van der Waals surface area contributed by atoms with E-state index in [-0.39, 0.29) is 22.6 Å². The number of nitriles is 1. The molecule has 0 fully saturated rings. The Morgan fingerprint density at radius 2 is 2.16 bits per heavy atom. The van der Waals surface area contributed by atoms with Crippen LogP contribution in [0.5, 0.6) is 0 Å². The van der Waals surface area contributed by atoms with Gasteiger partial charge in [0.1, 0.15) is 0 Å². The van der Waals surface area contributed by atoms with Gasteiger partial charge in [0.15, 0.2) is 0 Å². The molecule has 3 nitrogen and oxygen atoms in total. The molecule has 0 N–H and O–H groups in total. The van der Waals surface area contributed by atoms with Crippen LogP contribution in [0.15, 0.2) is 17.0 Å². The highest BCUT2D eigenvalue weighted by Crippen LogP contribution is 2.42. The number of nitrogens with zero attached hydrogens (tertiary/aromatic N) is 1. The van der Waals surface area contributed by atoms with Gasteiger partial charge < -0.3 is 4.74 Å². The number of hydrogen-bond acceptors (Lipinski definition) is 4. The summed E-state index contributed by atoms with van der Waals surface area (Å²) >= 11 is 5.10. The number of methoxy groups -OCH3 is 1. The Morgan fingerprint density at radius 3 is 2.58 bits per heavy atom. The fourth-order valence-electron chi connectivity index (χ4n) is 1.37. The SMILES string of the molecule is COC(=O)c1ccc(C#N)c(CCl)c1SC(F)(F)F. The van der Waals surface area contributed by atoms with Crippen molar-refractivity contribution in [3.05, 3.63) is 28.8 Å². The standard InChI is InChI=1S/C11H7ClF3NO2S/c1-18-10(17)7-3-2-6(5-16)8(4-12)9(7)19-11(13,14)15/h2-3H,4H2,1H3. The molecule has 0 saturated heterocycles. The Morgan fingerprint density at radius 1 is 1.53 bits per heavy atom. The van der Waals surface area contributed by atoms with Crippen LogP contribution in [0.4, 0.5) is 13.2 Å². The van der Waals surface area contributed by atoms with Crippen LogP contribution in [0.25, 0.3) is 0 Å². The van der Waals surface area contributed by atoms with Crippen molar-refractivity contribution in [2.75, 3.05) is 7.11 Å². The zero-order valence-electron chi connectivity index (χ0n) is 9.55. The van der Waals surface area contributed by atoms with Crippen LogP contribution in [-0.2, 0) is 10.6 Å². The molecule has 0 saturated carbocycles. The minimum atomic E-state index is -4.60. The first-order chi connectivity index (χ1) is 8.84. The first-order valence-corrected chi connectivity index (χ1v) is 6.15. The first-order valence-electron chi connectivity index (χ1n) is 4.80. The van der Waals surface area contributed by atoms with Crippen molar-refractivity contribution >= 4 is 29.3 Å². The van der Waals surface area contributed by atoms with E-state index in [1.54, 1.807) is 6.07 Å². The molecular weight excluding hydrogens is 303 g/mol. The van der Waals surface area contributed by atoms with E-state index in [0.29, 0.717) is 0 Å². The van der Waals surface area contributed by atoms with Gasteiger partial charge in [0.25, 0.3) is 0 Å². The van der Waals surface area contributed by atoms with Crippen molar-refractivity contribution in [1.82, 2.24) is 0 Å². The van der Waals surface area contributed by atoms with Gasteiger partial charge in [0.05, 0.1) is 24.3 Å². The summed E-state index contributed by atoms with van der Waals surface area (Å²) in [6, 6.07) is 4.10. The van der Waals surface area contributed by atoms with Crippen molar-refractivity contribution in [3.8, 4) is 6.07 Å². The number of esters is 1. The fraction of sp³-hybridized carbons (Fsp3) is 0.273. The Bertz CT molecular complexity index is 540. The van der Waals surface area contributed by atoms with Crippen molar-refractivity contribution in [3.63, 3.8) is 0 Å². The second kappa shape index (κ2) is 6.17. The lowest BCUT2D eigenvalue weighted by Crippen LogP contribution is -2.10. The molecule has 0 aromatic heterocycles. The molecule has 1 rings (SSSR count). The highest BCUT2D eigenvalue weighted by molar-refractivity contribution is 8.00. The third-order valence-electron chi connectivity index (χ3n) is 2.14. The minimum Gasteiger partial charge on any atom is -0.465 e. The first kappa shape index (κ1) is 15.7. The molecule has 0 aliphatic carbocycles. The van der Waals surface area contributed by atoms with Crippen molar-refractivity contribution in [1.29, 1.82) is 5.26 Å². The normalized spacial score (nSPS) is 10.9. The third kappa shape index (κ3) is 3.78. The Hall–Kier alpha value is -1.39. The lowest BCUT2D eigenvalue weighted by atomic mass is 10.1. The molecule has 0 radical (unpaired) electrons. The monoisotopic (exact) mass is 309 g/mol. The zero-order valence-corrected chi connectivity index (χ0v) is 11.1. The van der Waals surface area contributed by atoms with Gasteiger partial charge in [-0.15, -0.1) is 11.6 Å². The summed E-state index contributed by atoms with van der Waals surface area (Å²) in [5, 5.41) is 8.84. The van der Waals surface area contributed by atoms with Gasteiger partial charge in [-0.3, -0.25) is 0 Å². The van der Waals surface area contributed by atoms with Crippen LogP contribution < -0.4 is 0 Å². The van der Waals surface area contributed by atoms with Crippen LogP contribution in [0.1, 0.15) is 21.5 Å². The number of halogens is 4. The van der Waals surface area contributed by atoms with Gasteiger partial charge in [-0.25, -0.2) is 4.79 Å². The summed E-state index contributed by atoms with van der Waals surface area (Å²) in [5.74, 6) is -1.23. The van der Waals surface area contributed by atoms with E-state index in [2.05, 4.69) is 4.74 Å². The smallest absolute Gasteiger partial charge is 0.446 e. The van der Waals surface area contributed by atoms with E-state index >= 15 is 0 Å². The van der Waals surface area contributed by atoms with Crippen LogP contribution in [-0.4, -0.2) is 18.6 Å². The largest absolute Gasteiger partial charge is 0.465 e. The highest BCUT2D eigenvalue weighted by Gasteiger charge is 2.33. The minimum absolute atomic E-state index is 0.00518. The summed E-state index contributed by atoms with van der Waals surface area (Å²) in [5.41, 5.74) is -4.90. The van der Waals surface area contributed by atoms with Crippen molar-refractivity contribution in [2.45, 2.75) is 16.3 Å². The van der Waals surface area contributed by atoms with Gasteiger partial charge in [-0.05, 0) is 29.5 Å². The average molecular weight is 310 g/mol. The molecule has 1 aromatic rings. The average Bonchev–Trinajstić information content (AvgIpc) is 2.35. The maximum Gasteiger partial charge on any atom is 0.446 e. The molecule has 0 aliphatic rings. The fourth-order valence-corrected chi connectivity index (χ4v) is 2.52. The van der Waals surface area contributed by atoms with Crippen LogP contribution in [0, 0.1) is 11.3 Å². The van der Waals surface area contributed by atoms with E-state index < -0.39 is 28.1 Å². The molecule has 102 valence electrons. The summed E-state index contributed by atoms with van der Waals surface area (Å²) in [4.78, 5) is 11.1. The molecule has 0 aliphatic heterocycles. The number of alkyl halides is 4. The van der Waals surface area contributed by atoms with Crippen LogP contribution in [0.2, 0.25) is 0 Å². The predicted molar refractivity (Wildman–Crippen MR) is 64.0 cm³/mol. The van der Waals surface area contributed by atoms with Crippen LogP contribution >= 0.6 is 23.4 Å². The molecule has 19 heavy (non-hydrogen) atoms. The molecule has 0 heterocycles. The van der Waals surface area contributed by atoms with Gasteiger partial charge in [0, 0.05) is 10.8 Å². The van der Waals surface area contributed by atoms with Crippen molar-refractivity contribution < 1.29 is 22.7 Å². The van der Waals surface area contributed by atoms with Gasteiger partial charge in [-0.2, -0.15) is 18.4 Å². The second-order valence-electron chi connectivity index (χ2n) is 3.25. The quantitative estimate of drug-likeness (QED) is 0.485. The van der Waals surface area contributed by atoms with Crippen LogP contribution in [0.3, 0.4) is 0 Å². The summed E-state index contributed by atoms with van der Waals surface area (Å²) in [7, 11) is 1.06. The number of carbonyl (C=O) groups is 1. The lowest BCUT2D eigenvalue weighted by Gasteiger charge is -2.14. The molecule has 0 spiro atoms. The molecule has 0 bridgehead atoms. The number of benzene rings is 1. The third-order valence-corrected chi connectivity index (χ3v) is 3.31. The Kier molecular flexibility index (Phi) is 5.09. The topological polar surface area (TPSA) is 50.1 Å². The maximum atomic E-state index is 12.5. The molecule has 0 atom stereocenters. The Labute approximate surface area is 116 Å². The number of thioether (sulfide) groups is 1. The van der Waals surface area contributed by atoms with Gasteiger partial charge in [0.2, 0.25) is 0 Å².